The Hall–Kier alpha value is -3.39. The molecule has 1 amide bonds. The van der Waals surface area contributed by atoms with Gasteiger partial charge in [-0.25, -0.2) is 9.18 Å². The predicted molar refractivity (Wildman–Crippen MR) is 135 cm³/mol. The van der Waals surface area contributed by atoms with Gasteiger partial charge in [-0.15, -0.1) is 0 Å². The number of aromatic nitrogens is 1. The lowest BCUT2D eigenvalue weighted by atomic mass is 9.98. The highest BCUT2D eigenvalue weighted by Gasteiger charge is 2.23. The van der Waals surface area contributed by atoms with E-state index < -0.39 is 23.3 Å². The van der Waals surface area contributed by atoms with Crippen LogP contribution in [0.2, 0.25) is 5.02 Å². The van der Waals surface area contributed by atoms with Crippen LogP contribution >= 0.6 is 11.6 Å². The molecule has 0 saturated carbocycles. The fourth-order valence-electron chi connectivity index (χ4n) is 4.53. The second kappa shape index (κ2) is 10.7. The van der Waals surface area contributed by atoms with Crippen molar-refractivity contribution in [1.82, 2.24) is 9.88 Å². The van der Waals surface area contributed by atoms with E-state index in [1.54, 1.807) is 23.1 Å². The molecule has 1 N–H and O–H groups in total. The third-order valence-electron chi connectivity index (χ3n) is 6.51. The number of carbonyl (C=O) groups excluding carboxylic acids is 2. The van der Waals surface area contributed by atoms with Crippen molar-refractivity contribution < 1.29 is 23.5 Å². The van der Waals surface area contributed by atoms with Crippen molar-refractivity contribution in [2.24, 2.45) is 0 Å². The molecule has 0 unspecified atom stereocenters. The molecule has 1 fully saturated rings. The summed E-state index contributed by atoms with van der Waals surface area (Å²) in [6.45, 7) is 4.82. The van der Waals surface area contributed by atoms with Gasteiger partial charge in [0.05, 0.1) is 18.0 Å². The van der Waals surface area contributed by atoms with Gasteiger partial charge in [0, 0.05) is 41.4 Å². The van der Waals surface area contributed by atoms with Crippen molar-refractivity contribution in [2.45, 2.75) is 45.6 Å². The highest BCUT2D eigenvalue weighted by Crippen LogP contribution is 2.29. The first kappa shape index (κ1) is 25.7. The topological polar surface area (TPSA) is 88.7 Å². The highest BCUT2D eigenvalue weighted by atomic mass is 35.5. The van der Waals surface area contributed by atoms with Crippen LogP contribution < -0.4 is 10.2 Å². The second-order valence-electron chi connectivity index (χ2n) is 8.83. The first-order valence-corrected chi connectivity index (χ1v) is 12.3. The van der Waals surface area contributed by atoms with Crippen molar-refractivity contribution in [3.8, 4) is 5.75 Å². The summed E-state index contributed by atoms with van der Waals surface area (Å²) in [4.78, 5) is 43.1. The summed E-state index contributed by atoms with van der Waals surface area (Å²) in [6, 6.07) is 7.60. The molecule has 1 aromatic heterocycles. The van der Waals surface area contributed by atoms with Gasteiger partial charge in [0.1, 0.15) is 11.6 Å². The van der Waals surface area contributed by atoms with Gasteiger partial charge in [-0.05, 0) is 56.0 Å². The minimum atomic E-state index is -0.993. The molecular weight excluding hydrogens is 487 g/mol. The van der Waals surface area contributed by atoms with Crippen molar-refractivity contribution >= 4 is 34.4 Å². The number of methoxy groups -OCH3 is 1. The van der Waals surface area contributed by atoms with Crippen LogP contribution in [-0.4, -0.2) is 48.1 Å². The number of carbonyl (C=O) groups is 2. The Morgan fingerprint density at radius 3 is 2.56 bits per heavy atom. The van der Waals surface area contributed by atoms with Crippen LogP contribution in [0.15, 0.2) is 35.1 Å². The first-order valence-electron chi connectivity index (χ1n) is 11.9. The van der Waals surface area contributed by atoms with Gasteiger partial charge in [-0.3, -0.25) is 9.59 Å². The molecule has 1 aliphatic heterocycles. The molecule has 0 bridgehead atoms. The Kier molecular flexibility index (Phi) is 7.64. The quantitative estimate of drug-likeness (QED) is 0.464. The predicted octanol–water partition coefficient (Wildman–Crippen LogP) is 4.65. The largest absolute Gasteiger partial charge is 0.478 e. The molecule has 1 saturated heterocycles. The number of aromatic amines is 1. The maximum Gasteiger partial charge on any atom is 0.346 e. The number of benzene rings is 2. The van der Waals surface area contributed by atoms with Gasteiger partial charge in [0.2, 0.25) is 0 Å². The molecule has 9 heteroatoms. The van der Waals surface area contributed by atoms with E-state index in [2.05, 4.69) is 4.98 Å². The van der Waals surface area contributed by atoms with Crippen LogP contribution in [0.25, 0.3) is 10.9 Å². The lowest BCUT2D eigenvalue weighted by molar-refractivity contribution is -0.147. The van der Waals surface area contributed by atoms with Crippen molar-refractivity contribution in [1.29, 1.82) is 0 Å². The lowest BCUT2D eigenvalue weighted by Gasteiger charge is -2.17. The zero-order valence-corrected chi connectivity index (χ0v) is 21.2. The molecule has 4 rings (SSSR count). The number of hydrogen-bond acceptors (Lipinski definition) is 5. The van der Waals surface area contributed by atoms with E-state index in [-0.39, 0.29) is 29.0 Å². The van der Waals surface area contributed by atoms with Crippen molar-refractivity contribution in [3.63, 3.8) is 0 Å². The molecule has 2 aromatic carbocycles. The lowest BCUT2D eigenvalue weighted by Crippen LogP contribution is -2.27. The van der Waals surface area contributed by atoms with E-state index >= 15 is 0 Å². The minimum Gasteiger partial charge on any atom is -0.478 e. The van der Waals surface area contributed by atoms with Gasteiger partial charge >= 0.3 is 5.97 Å². The molecular formula is C27H28ClFN2O5. The smallest absolute Gasteiger partial charge is 0.346 e. The number of nitrogens with zero attached hydrogens (tertiary/aromatic N) is 1. The molecule has 1 atom stereocenters. The molecule has 1 aliphatic rings. The fourth-order valence-corrected chi connectivity index (χ4v) is 4.78. The molecule has 0 spiro atoms. The van der Waals surface area contributed by atoms with Crippen molar-refractivity contribution in [3.05, 3.63) is 73.8 Å². The highest BCUT2D eigenvalue weighted by molar-refractivity contribution is 6.31. The number of amides is 1. The number of nitrogens with one attached hydrogen (secondary N) is 1. The van der Waals surface area contributed by atoms with E-state index in [9.17, 15) is 18.8 Å². The van der Waals surface area contributed by atoms with E-state index in [0.717, 1.165) is 25.9 Å². The summed E-state index contributed by atoms with van der Waals surface area (Å²) in [5, 5.41) is 0.381. The Bertz CT molecular complexity index is 1380. The molecule has 7 nitrogen and oxygen atoms in total. The number of pyridine rings is 1. The number of rotatable bonds is 7. The molecule has 3 aromatic rings. The zero-order valence-electron chi connectivity index (χ0n) is 20.5. The summed E-state index contributed by atoms with van der Waals surface area (Å²) in [7, 11) is 1.23. The maximum absolute atomic E-state index is 14.7. The normalized spacial score (nSPS) is 14.2. The van der Waals surface area contributed by atoms with Gasteiger partial charge in [0.25, 0.3) is 5.91 Å². The van der Waals surface area contributed by atoms with E-state index in [1.807, 2.05) is 6.92 Å². The Labute approximate surface area is 213 Å². The number of aryl methyl sites for hydroxylation is 1. The Balaban J connectivity index is 1.75. The summed E-state index contributed by atoms with van der Waals surface area (Å²) in [5.41, 5.74) is 1.73. The average Bonchev–Trinajstić information content (AvgIpc) is 3.42. The van der Waals surface area contributed by atoms with Crippen LogP contribution in [0.1, 0.15) is 53.9 Å². The number of halogens is 2. The van der Waals surface area contributed by atoms with E-state index in [4.69, 9.17) is 21.1 Å². The summed E-state index contributed by atoms with van der Waals surface area (Å²) in [5.74, 6) is -1.21. The average molecular weight is 515 g/mol. The van der Waals surface area contributed by atoms with E-state index in [1.165, 1.54) is 26.2 Å². The van der Waals surface area contributed by atoms with Crippen LogP contribution in [0.4, 0.5) is 4.39 Å². The zero-order chi connectivity index (χ0) is 26.0. The number of H-pyrrole nitrogens is 1. The number of hydrogen-bond donors (Lipinski definition) is 1. The molecule has 2 heterocycles. The Morgan fingerprint density at radius 2 is 1.92 bits per heavy atom. The number of fused-ring (bicyclic) bond motifs is 1. The Morgan fingerprint density at radius 1 is 1.19 bits per heavy atom. The SMILES string of the molecule is CCc1[nH]c2c(F)ccc(O[C@@H](C)C(=O)OC)c2c(=O)c1Cc1ccc(C(=O)N2CCCC2)cc1Cl. The van der Waals surface area contributed by atoms with Crippen LogP contribution in [0.5, 0.6) is 5.75 Å². The van der Waals surface area contributed by atoms with Gasteiger partial charge in [0.15, 0.2) is 11.5 Å². The number of likely N-dealkylation sites (tertiary alicyclic amines) is 1. The van der Waals surface area contributed by atoms with Crippen LogP contribution in [-0.2, 0) is 22.4 Å². The van der Waals surface area contributed by atoms with Crippen LogP contribution in [0, 0.1) is 5.82 Å². The first-order chi connectivity index (χ1) is 17.2. The standard InChI is InChI=1S/C27H28ClFN2O5/c1-4-21-18(13-16-7-8-17(14-19(16)28)26(33)31-11-5-6-12-31)25(32)23-22(36-15(2)27(34)35-3)10-9-20(29)24(23)30-21/h7-10,14-15H,4-6,11-13H2,1-3H3,(H,30,32)/t15-/m0/s1. The minimum absolute atomic E-state index is 0.00724. The number of esters is 1. The second-order valence-corrected chi connectivity index (χ2v) is 9.23. The third-order valence-corrected chi connectivity index (χ3v) is 6.86. The molecule has 0 aliphatic carbocycles. The maximum atomic E-state index is 14.7. The van der Waals surface area contributed by atoms with E-state index in [0.29, 0.717) is 33.8 Å². The summed E-state index contributed by atoms with van der Waals surface area (Å²) >= 11 is 6.55. The van der Waals surface area contributed by atoms with Crippen molar-refractivity contribution in [2.75, 3.05) is 20.2 Å². The molecule has 0 radical (unpaired) electrons. The monoisotopic (exact) mass is 514 g/mol. The third kappa shape index (κ3) is 4.95. The molecule has 36 heavy (non-hydrogen) atoms. The van der Waals surface area contributed by atoms with Gasteiger partial charge < -0.3 is 19.4 Å². The van der Waals surface area contributed by atoms with Gasteiger partial charge in [-0.1, -0.05) is 24.6 Å². The summed E-state index contributed by atoms with van der Waals surface area (Å²) < 4.78 is 25.1. The van der Waals surface area contributed by atoms with Crippen LogP contribution in [0.3, 0.4) is 0 Å². The summed E-state index contributed by atoms with van der Waals surface area (Å²) in [6.07, 6.45) is 1.62. The number of ether oxygens (including phenoxy) is 2. The fraction of sp³-hybridized carbons (Fsp3) is 0.370. The molecule has 190 valence electrons. The van der Waals surface area contributed by atoms with Gasteiger partial charge in [-0.2, -0.15) is 0 Å².